The van der Waals surface area contributed by atoms with Crippen LogP contribution in [0.5, 0.6) is 23.0 Å². The number of phenols is 2. The molecule has 1 aliphatic heterocycles. The third-order valence-electron chi connectivity index (χ3n) is 5.86. The number of likely N-dealkylation sites (N-methyl/N-ethyl adjacent to an activating group) is 1. The number of halogens is 1. The summed E-state index contributed by atoms with van der Waals surface area (Å²) >= 11 is 0. The van der Waals surface area contributed by atoms with Crippen LogP contribution in [0.15, 0.2) is 18.2 Å². The van der Waals surface area contributed by atoms with E-state index in [1.54, 1.807) is 13.2 Å². The SMILES string of the molecule is COc1ccc2c(c1O)-c1c(O)c(OC)cc3c1C(C2)[N+](C)(C)CC3.[Cl-]. The number of hydrogen-bond acceptors (Lipinski definition) is 4. The van der Waals surface area contributed by atoms with Gasteiger partial charge in [-0.15, -0.1) is 0 Å². The van der Waals surface area contributed by atoms with Gasteiger partial charge in [0, 0.05) is 29.5 Å². The van der Waals surface area contributed by atoms with Crippen LogP contribution in [0.2, 0.25) is 0 Å². The van der Waals surface area contributed by atoms with E-state index in [9.17, 15) is 10.2 Å². The van der Waals surface area contributed by atoms with E-state index in [4.69, 9.17) is 9.47 Å². The zero-order valence-corrected chi connectivity index (χ0v) is 16.2. The number of phenolic OH excluding ortho intramolecular Hbond substituents is 2. The molecule has 6 heteroatoms. The van der Waals surface area contributed by atoms with Crippen molar-refractivity contribution in [2.45, 2.75) is 18.9 Å². The summed E-state index contributed by atoms with van der Waals surface area (Å²) in [6, 6.07) is 5.98. The predicted octanol–water partition coefficient (Wildman–Crippen LogP) is 0.0157. The van der Waals surface area contributed by atoms with E-state index in [2.05, 4.69) is 14.1 Å². The minimum atomic E-state index is 0. The van der Waals surface area contributed by atoms with E-state index in [1.165, 1.54) is 12.7 Å². The summed E-state index contributed by atoms with van der Waals surface area (Å²) in [6.07, 6.45) is 1.74. The fourth-order valence-corrected chi connectivity index (χ4v) is 4.41. The first-order valence-corrected chi connectivity index (χ1v) is 8.53. The molecular weight excluding hydrogens is 354 g/mol. The topological polar surface area (TPSA) is 58.9 Å². The van der Waals surface area contributed by atoms with E-state index in [1.807, 2.05) is 12.1 Å². The first-order valence-electron chi connectivity index (χ1n) is 8.53. The second-order valence-electron chi connectivity index (χ2n) is 7.50. The standard InChI is InChI=1S/C20H23NO4.ClH/c1-21(2)8-7-12-10-15(25-4)20(23)18-16(12)13(21)9-11-5-6-14(24-3)19(22)17(11)18;/h5-6,10,13H,7-9H2,1-4H3,(H-,22,23);1H. The van der Waals surface area contributed by atoms with Crippen molar-refractivity contribution >= 4 is 0 Å². The van der Waals surface area contributed by atoms with E-state index < -0.39 is 0 Å². The molecule has 0 fully saturated rings. The summed E-state index contributed by atoms with van der Waals surface area (Å²) in [5.41, 5.74) is 4.72. The smallest absolute Gasteiger partial charge is 0.166 e. The van der Waals surface area contributed by atoms with Crippen molar-refractivity contribution in [2.75, 3.05) is 34.9 Å². The van der Waals surface area contributed by atoms with Crippen molar-refractivity contribution < 1.29 is 36.6 Å². The van der Waals surface area contributed by atoms with Crippen LogP contribution in [0.1, 0.15) is 22.7 Å². The number of nitrogens with zero attached hydrogens (tertiary/aromatic N) is 1. The van der Waals surface area contributed by atoms with Gasteiger partial charge in [-0.05, 0) is 23.3 Å². The van der Waals surface area contributed by atoms with Crippen molar-refractivity contribution in [1.29, 1.82) is 0 Å². The second kappa shape index (κ2) is 6.25. The molecule has 5 nitrogen and oxygen atoms in total. The summed E-state index contributed by atoms with van der Waals surface area (Å²) in [4.78, 5) is 0. The van der Waals surface area contributed by atoms with Crippen LogP contribution in [-0.4, -0.2) is 49.6 Å². The highest BCUT2D eigenvalue weighted by molar-refractivity contribution is 5.87. The van der Waals surface area contributed by atoms with Crippen LogP contribution < -0.4 is 21.9 Å². The van der Waals surface area contributed by atoms with Crippen LogP contribution in [0, 0.1) is 0 Å². The zero-order chi connectivity index (χ0) is 17.9. The molecule has 2 N–H and O–H groups in total. The maximum absolute atomic E-state index is 10.9. The third kappa shape index (κ3) is 2.42. The number of benzene rings is 2. The molecule has 140 valence electrons. The average molecular weight is 378 g/mol. The van der Waals surface area contributed by atoms with Crippen LogP contribution in [-0.2, 0) is 12.8 Å². The zero-order valence-electron chi connectivity index (χ0n) is 15.5. The molecule has 2 aliphatic rings. The molecule has 1 unspecified atom stereocenters. The van der Waals surface area contributed by atoms with Gasteiger partial charge in [-0.3, -0.25) is 0 Å². The molecule has 0 amide bonds. The van der Waals surface area contributed by atoms with Gasteiger partial charge in [-0.1, -0.05) is 6.07 Å². The Balaban J connectivity index is 0.00000196. The summed E-state index contributed by atoms with van der Waals surface area (Å²) in [5.74, 6) is 1.05. The lowest BCUT2D eigenvalue weighted by molar-refractivity contribution is -0.923. The first-order chi connectivity index (χ1) is 11.9. The van der Waals surface area contributed by atoms with Gasteiger partial charge in [0.25, 0.3) is 0 Å². The van der Waals surface area contributed by atoms with Gasteiger partial charge in [0.2, 0.25) is 0 Å². The van der Waals surface area contributed by atoms with E-state index in [0.717, 1.165) is 35.0 Å². The first kappa shape index (κ1) is 18.7. The molecule has 1 atom stereocenters. The molecule has 0 aromatic heterocycles. The number of rotatable bonds is 2. The molecule has 0 bridgehead atoms. The molecule has 26 heavy (non-hydrogen) atoms. The molecule has 2 aromatic carbocycles. The van der Waals surface area contributed by atoms with Crippen molar-refractivity contribution in [3.63, 3.8) is 0 Å². The molecule has 0 saturated carbocycles. The van der Waals surface area contributed by atoms with Crippen LogP contribution in [0.4, 0.5) is 0 Å². The Morgan fingerprint density at radius 1 is 0.962 bits per heavy atom. The molecule has 0 spiro atoms. The summed E-state index contributed by atoms with van der Waals surface area (Å²) in [6.45, 7) is 1.03. The average Bonchev–Trinajstić information content (AvgIpc) is 2.59. The fourth-order valence-electron chi connectivity index (χ4n) is 4.41. The van der Waals surface area contributed by atoms with Crippen molar-refractivity contribution in [3.05, 3.63) is 34.9 Å². The van der Waals surface area contributed by atoms with Crippen molar-refractivity contribution in [3.8, 4) is 34.1 Å². The second-order valence-corrected chi connectivity index (χ2v) is 7.50. The monoisotopic (exact) mass is 377 g/mol. The Morgan fingerprint density at radius 2 is 1.62 bits per heavy atom. The van der Waals surface area contributed by atoms with E-state index in [0.29, 0.717) is 22.6 Å². The van der Waals surface area contributed by atoms with Crippen LogP contribution >= 0.6 is 0 Å². The van der Waals surface area contributed by atoms with Crippen LogP contribution in [0.3, 0.4) is 0 Å². The molecule has 0 radical (unpaired) electrons. The maximum Gasteiger partial charge on any atom is 0.166 e. The third-order valence-corrected chi connectivity index (χ3v) is 5.86. The molecule has 4 rings (SSSR count). The lowest BCUT2D eigenvalue weighted by Crippen LogP contribution is -3.00. The minimum absolute atomic E-state index is 0. The fraction of sp³-hybridized carbons (Fsp3) is 0.400. The Bertz CT molecular complexity index is 879. The number of quaternary nitrogens is 1. The highest BCUT2D eigenvalue weighted by atomic mass is 35.5. The number of fused-ring (bicyclic) bond motifs is 2. The maximum atomic E-state index is 10.9. The molecule has 2 aromatic rings. The van der Waals surface area contributed by atoms with Gasteiger partial charge in [-0.25, -0.2) is 0 Å². The van der Waals surface area contributed by atoms with Gasteiger partial charge in [0.1, 0.15) is 6.04 Å². The number of methoxy groups -OCH3 is 2. The Morgan fingerprint density at radius 3 is 2.27 bits per heavy atom. The number of aromatic hydroxyl groups is 2. The van der Waals surface area contributed by atoms with Crippen molar-refractivity contribution in [1.82, 2.24) is 0 Å². The van der Waals surface area contributed by atoms with Gasteiger partial charge >= 0.3 is 0 Å². The van der Waals surface area contributed by atoms with E-state index >= 15 is 0 Å². The highest BCUT2D eigenvalue weighted by Crippen LogP contribution is 2.56. The van der Waals surface area contributed by atoms with Gasteiger partial charge in [-0.2, -0.15) is 0 Å². The molecular formula is C20H24ClNO4. The Hall–Kier alpha value is -2.11. The van der Waals surface area contributed by atoms with Crippen LogP contribution in [0.25, 0.3) is 11.1 Å². The van der Waals surface area contributed by atoms with Gasteiger partial charge in [0.05, 0.1) is 34.9 Å². The molecule has 1 heterocycles. The van der Waals surface area contributed by atoms with E-state index in [-0.39, 0.29) is 29.9 Å². The molecule has 0 saturated heterocycles. The lowest BCUT2D eigenvalue weighted by Gasteiger charge is -2.46. The summed E-state index contributed by atoms with van der Waals surface area (Å²) < 4.78 is 11.6. The Labute approximate surface area is 159 Å². The minimum Gasteiger partial charge on any atom is -1.00 e. The highest BCUT2D eigenvalue weighted by Gasteiger charge is 2.44. The van der Waals surface area contributed by atoms with Crippen molar-refractivity contribution in [2.24, 2.45) is 0 Å². The summed E-state index contributed by atoms with van der Waals surface area (Å²) in [5, 5.41) is 21.7. The normalized spacial score (nSPS) is 19.0. The summed E-state index contributed by atoms with van der Waals surface area (Å²) in [7, 11) is 7.55. The predicted molar refractivity (Wildman–Crippen MR) is 95.4 cm³/mol. The quantitative estimate of drug-likeness (QED) is 0.724. The Kier molecular flexibility index (Phi) is 4.49. The lowest BCUT2D eigenvalue weighted by atomic mass is 9.75. The largest absolute Gasteiger partial charge is 1.00 e. The van der Waals surface area contributed by atoms with Gasteiger partial charge in [0.15, 0.2) is 23.0 Å². The number of ether oxygens (including phenoxy) is 2. The molecule has 1 aliphatic carbocycles. The van der Waals surface area contributed by atoms with Gasteiger partial charge < -0.3 is 36.6 Å². The number of hydrogen-bond donors (Lipinski definition) is 2.